The van der Waals surface area contributed by atoms with Gasteiger partial charge < -0.3 is 15.3 Å². The summed E-state index contributed by atoms with van der Waals surface area (Å²) in [6.45, 7) is 3.55. The van der Waals surface area contributed by atoms with Gasteiger partial charge in [-0.1, -0.05) is 5.92 Å². The number of aliphatic carboxylic acids is 1. The number of imidazole rings is 1. The maximum Gasteiger partial charge on any atom is 0.322 e. The first-order valence-corrected chi connectivity index (χ1v) is 8.60. The van der Waals surface area contributed by atoms with Crippen LogP contribution < -0.4 is 15.8 Å². The Labute approximate surface area is 150 Å². The minimum atomic E-state index is -1.03. The van der Waals surface area contributed by atoms with Gasteiger partial charge in [0.2, 0.25) is 11.9 Å². The van der Waals surface area contributed by atoms with Gasteiger partial charge in [-0.05, 0) is 26.2 Å². The van der Waals surface area contributed by atoms with E-state index in [0.717, 1.165) is 25.9 Å². The molecule has 0 radical (unpaired) electrons. The van der Waals surface area contributed by atoms with Crippen LogP contribution in [0.4, 0.5) is 11.9 Å². The highest BCUT2D eigenvalue weighted by Gasteiger charge is 2.23. The van der Waals surface area contributed by atoms with Crippen LogP contribution in [-0.2, 0) is 18.4 Å². The van der Waals surface area contributed by atoms with E-state index in [1.165, 1.54) is 11.0 Å². The first-order valence-electron chi connectivity index (χ1n) is 8.60. The first-order chi connectivity index (χ1) is 12.5. The van der Waals surface area contributed by atoms with Crippen LogP contribution in [0.3, 0.4) is 0 Å². The highest BCUT2D eigenvalue weighted by atomic mass is 16.4. The molecule has 0 atom stereocenters. The van der Waals surface area contributed by atoms with Gasteiger partial charge in [-0.3, -0.25) is 18.7 Å². The summed E-state index contributed by atoms with van der Waals surface area (Å²) in [6, 6.07) is 0. The minimum Gasteiger partial charge on any atom is -0.480 e. The number of hydrogen-bond acceptors (Lipinski definition) is 6. The monoisotopic (exact) mass is 358 g/mol. The summed E-state index contributed by atoms with van der Waals surface area (Å²) in [7, 11) is 1.56. The van der Waals surface area contributed by atoms with Gasteiger partial charge in [-0.25, -0.2) is 0 Å². The second-order valence-corrected chi connectivity index (χ2v) is 6.19. The van der Waals surface area contributed by atoms with Crippen molar-refractivity contribution < 1.29 is 9.90 Å². The molecule has 0 aromatic carbocycles. The lowest BCUT2D eigenvalue weighted by molar-refractivity contribution is -0.134. The van der Waals surface area contributed by atoms with E-state index in [0.29, 0.717) is 23.7 Å². The molecule has 2 N–H and O–H groups in total. The Morgan fingerprint density at radius 3 is 2.65 bits per heavy atom. The lowest BCUT2D eigenvalue weighted by Crippen LogP contribution is -2.32. The van der Waals surface area contributed by atoms with E-state index in [2.05, 4.69) is 32.0 Å². The summed E-state index contributed by atoms with van der Waals surface area (Å²) in [5.41, 5.74) is 0.410. The Morgan fingerprint density at radius 2 is 2.00 bits per heavy atom. The number of piperidine rings is 1. The molecule has 3 heterocycles. The number of carboxylic acids is 1. The highest BCUT2D eigenvalue weighted by molar-refractivity contribution is 5.77. The zero-order valence-electron chi connectivity index (χ0n) is 14.9. The molecule has 9 nitrogen and oxygen atoms in total. The second kappa shape index (κ2) is 7.47. The summed E-state index contributed by atoms with van der Waals surface area (Å²) >= 11 is 0. The van der Waals surface area contributed by atoms with Crippen molar-refractivity contribution in [1.29, 1.82) is 0 Å². The molecule has 1 fully saturated rings. The van der Waals surface area contributed by atoms with Crippen LogP contribution >= 0.6 is 0 Å². The fraction of sp³-hybridized carbons (Fsp3) is 0.529. The van der Waals surface area contributed by atoms with Gasteiger partial charge in [0.05, 0.1) is 6.54 Å². The van der Waals surface area contributed by atoms with Crippen LogP contribution in [0.25, 0.3) is 11.2 Å². The SMILES string of the molecule is CC#CCn1c(N2CCCCC2)nc2nc(NCC(=O)O)n(C)c(=O)c21. The van der Waals surface area contributed by atoms with Crippen molar-refractivity contribution in [2.45, 2.75) is 32.7 Å². The van der Waals surface area contributed by atoms with Crippen LogP contribution in [0.2, 0.25) is 0 Å². The molecule has 2 aromatic heterocycles. The summed E-state index contributed by atoms with van der Waals surface area (Å²) < 4.78 is 3.12. The largest absolute Gasteiger partial charge is 0.480 e. The van der Waals surface area contributed by atoms with E-state index in [-0.39, 0.29) is 18.1 Å². The molecule has 0 unspecified atom stereocenters. The molecule has 1 aliphatic heterocycles. The average Bonchev–Trinajstić information content (AvgIpc) is 3.00. The van der Waals surface area contributed by atoms with Gasteiger partial charge in [-0.15, -0.1) is 5.92 Å². The second-order valence-electron chi connectivity index (χ2n) is 6.19. The van der Waals surface area contributed by atoms with E-state index in [1.54, 1.807) is 14.0 Å². The van der Waals surface area contributed by atoms with Gasteiger partial charge in [0, 0.05) is 20.1 Å². The van der Waals surface area contributed by atoms with Crippen molar-refractivity contribution >= 4 is 29.0 Å². The molecule has 0 spiro atoms. The Morgan fingerprint density at radius 1 is 1.27 bits per heavy atom. The molecule has 0 saturated carbocycles. The summed E-state index contributed by atoms with van der Waals surface area (Å²) in [5, 5.41) is 11.5. The quantitative estimate of drug-likeness (QED) is 0.756. The van der Waals surface area contributed by atoms with Gasteiger partial charge >= 0.3 is 5.97 Å². The molecular weight excluding hydrogens is 336 g/mol. The normalized spacial score (nSPS) is 14.2. The predicted molar refractivity (Wildman–Crippen MR) is 98.4 cm³/mol. The molecule has 3 rings (SSSR count). The molecule has 0 bridgehead atoms. The van der Waals surface area contributed by atoms with Crippen molar-refractivity contribution in [1.82, 2.24) is 19.1 Å². The summed E-state index contributed by atoms with van der Waals surface area (Å²) in [6.07, 6.45) is 3.35. The van der Waals surface area contributed by atoms with E-state index < -0.39 is 5.97 Å². The van der Waals surface area contributed by atoms with Crippen LogP contribution in [-0.4, -0.2) is 49.8 Å². The molecule has 2 aromatic rings. The zero-order chi connectivity index (χ0) is 18.7. The minimum absolute atomic E-state index is 0.182. The number of carbonyl (C=O) groups is 1. The van der Waals surface area contributed by atoms with E-state index in [1.807, 2.05) is 4.57 Å². The number of nitrogens with one attached hydrogen (secondary N) is 1. The number of hydrogen-bond donors (Lipinski definition) is 2. The van der Waals surface area contributed by atoms with Gasteiger partial charge in [0.25, 0.3) is 5.56 Å². The Balaban J connectivity index is 2.14. The zero-order valence-corrected chi connectivity index (χ0v) is 14.9. The molecular formula is C17H22N6O3. The van der Waals surface area contributed by atoms with Crippen molar-refractivity contribution in [3.8, 4) is 11.8 Å². The number of rotatable bonds is 5. The maximum absolute atomic E-state index is 12.9. The lowest BCUT2D eigenvalue weighted by atomic mass is 10.1. The van der Waals surface area contributed by atoms with E-state index >= 15 is 0 Å². The predicted octanol–water partition coefficient (Wildman–Crippen LogP) is 0.640. The smallest absolute Gasteiger partial charge is 0.322 e. The number of carboxylic acid groups (broad SMARTS) is 1. The third-order valence-corrected chi connectivity index (χ3v) is 4.42. The Kier molecular flexibility index (Phi) is 5.11. The van der Waals surface area contributed by atoms with E-state index in [9.17, 15) is 9.59 Å². The van der Waals surface area contributed by atoms with Crippen LogP contribution in [0.5, 0.6) is 0 Å². The van der Waals surface area contributed by atoms with Gasteiger partial charge in [-0.2, -0.15) is 9.97 Å². The van der Waals surface area contributed by atoms with Crippen molar-refractivity contribution in [3.05, 3.63) is 10.4 Å². The molecule has 1 aliphatic rings. The van der Waals surface area contributed by atoms with Crippen LogP contribution in [0.15, 0.2) is 4.79 Å². The summed E-state index contributed by atoms with van der Waals surface area (Å²) in [4.78, 5) is 34.8. The fourth-order valence-electron chi connectivity index (χ4n) is 3.10. The number of fused-ring (bicyclic) bond motifs is 1. The lowest BCUT2D eigenvalue weighted by Gasteiger charge is -2.27. The van der Waals surface area contributed by atoms with Crippen molar-refractivity contribution in [2.24, 2.45) is 7.05 Å². The molecule has 1 saturated heterocycles. The standard InChI is InChI=1S/C17H22N6O3/c1-3-4-10-23-13-14(20-17(23)22-8-6-5-7-9-22)19-16(18-11-12(24)25)21(2)15(13)26/h5-11H2,1-2H3,(H,18,19)(H,24,25). The van der Waals surface area contributed by atoms with Gasteiger partial charge in [0.15, 0.2) is 11.2 Å². The maximum atomic E-state index is 12.9. The van der Waals surface area contributed by atoms with Gasteiger partial charge in [0.1, 0.15) is 6.54 Å². The first kappa shape index (κ1) is 17.8. The highest BCUT2D eigenvalue weighted by Crippen LogP contribution is 2.23. The summed E-state index contributed by atoms with van der Waals surface area (Å²) in [5.74, 6) is 5.70. The Hall–Kier alpha value is -3.02. The molecule has 138 valence electrons. The molecule has 0 amide bonds. The molecule has 9 heteroatoms. The third kappa shape index (κ3) is 3.35. The van der Waals surface area contributed by atoms with Crippen LogP contribution in [0.1, 0.15) is 26.2 Å². The molecule has 26 heavy (non-hydrogen) atoms. The molecule has 0 aliphatic carbocycles. The fourth-order valence-corrected chi connectivity index (χ4v) is 3.10. The number of nitrogens with zero attached hydrogens (tertiary/aromatic N) is 5. The number of aromatic nitrogens is 4. The van der Waals surface area contributed by atoms with Crippen LogP contribution in [0, 0.1) is 11.8 Å². The third-order valence-electron chi connectivity index (χ3n) is 4.42. The van der Waals surface area contributed by atoms with Crippen molar-refractivity contribution in [3.63, 3.8) is 0 Å². The van der Waals surface area contributed by atoms with E-state index in [4.69, 9.17) is 5.11 Å². The number of anilines is 2. The topological polar surface area (TPSA) is 105 Å². The Bertz CT molecular complexity index is 943. The average molecular weight is 358 g/mol. The van der Waals surface area contributed by atoms with Crippen molar-refractivity contribution in [2.75, 3.05) is 29.9 Å².